The fraction of sp³-hybridized carbons (Fsp3) is 0.0500. The smallest absolute Gasteiger partial charge is 0.133 e. The molecule has 0 aliphatic rings. The van der Waals surface area contributed by atoms with Crippen LogP contribution in [0.2, 0.25) is 0 Å². The zero-order chi connectivity index (χ0) is 19.4. The van der Waals surface area contributed by atoms with Gasteiger partial charge in [0.1, 0.15) is 17.5 Å². The molecule has 1 aromatic heterocycles. The van der Waals surface area contributed by atoms with Gasteiger partial charge >= 0.3 is 0 Å². The van der Waals surface area contributed by atoms with Gasteiger partial charge in [-0.15, -0.1) is 0 Å². The molecule has 7 heteroatoms. The van der Waals surface area contributed by atoms with Gasteiger partial charge in [0.05, 0.1) is 17.1 Å². The lowest BCUT2D eigenvalue weighted by Crippen LogP contribution is -2.12. The lowest BCUT2D eigenvalue weighted by molar-refractivity contribution is 0.585. The number of rotatable bonds is 5. The van der Waals surface area contributed by atoms with Crippen molar-refractivity contribution < 1.29 is 13.2 Å². The quantitative estimate of drug-likeness (QED) is 0.469. The van der Waals surface area contributed by atoms with E-state index in [1.165, 1.54) is 18.2 Å². The predicted molar refractivity (Wildman–Crippen MR) is 100 cm³/mol. The minimum atomic E-state index is -0.794. The van der Waals surface area contributed by atoms with Crippen molar-refractivity contribution in [3.63, 3.8) is 0 Å². The largest absolute Gasteiger partial charge is 0.255 e. The van der Waals surface area contributed by atoms with Crippen molar-refractivity contribution in [3.05, 3.63) is 83.9 Å². The molecule has 27 heavy (non-hydrogen) atoms. The Balaban J connectivity index is 2.02. The highest BCUT2D eigenvalue weighted by Gasteiger charge is 2.13. The summed E-state index contributed by atoms with van der Waals surface area (Å²) in [6.07, 6.45) is 1.62. The predicted octanol–water partition coefficient (Wildman–Crippen LogP) is 5.01. The minimum absolute atomic E-state index is 0.0617. The molecule has 1 heterocycles. The number of pyridine rings is 1. The fourth-order valence-corrected chi connectivity index (χ4v) is 2.51. The first kappa shape index (κ1) is 18.3. The van der Waals surface area contributed by atoms with Gasteiger partial charge in [0.15, 0.2) is 0 Å². The molecule has 0 radical (unpaired) electrons. The fourth-order valence-electron chi connectivity index (χ4n) is 2.51. The van der Waals surface area contributed by atoms with E-state index in [1.54, 1.807) is 25.3 Å². The SMILES string of the molecule is C=NN(/N=C(\C)c1ccccn1)c1cc(F)cc(-c2ccc(F)cc2F)c1. The van der Waals surface area contributed by atoms with E-state index in [2.05, 4.69) is 21.9 Å². The van der Waals surface area contributed by atoms with Gasteiger partial charge in [0, 0.05) is 30.6 Å². The van der Waals surface area contributed by atoms with Crippen molar-refractivity contribution in [3.8, 4) is 11.1 Å². The van der Waals surface area contributed by atoms with Crippen LogP contribution >= 0.6 is 0 Å². The van der Waals surface area contributed by atoms with Gasteiger partial charge in [0.2, 0.25) is 0 Å². The number of hydrogen-bond acceptors (Lipinski definition) is 4. The Morgan fingerprint density at radius 3 is 2.48 bits per heavy atom. The van der Waals surface area contributed by atoms with Gasteiger partial charge in [-0.05, 0) is 48.9 Å². The second kappa shape index (κ2) is 7.82. The number of hydrazone groups is 2. The maximum Gasteiger partial charge on any atom is 0.133 e. The summed E-state index contributed by atoms with van der Waals surface area (Å²) < 4.78 is 41.3. The highest BCUT2D eigenvalue weighted by atomic mass is 19.1. The van der Waals surface area contributed by atoms with E-state index in [1.807, 2.05) is 6.07 Å². The maximum atomic E-state index is 14.1. The van der Waals surface area contributed by atoms with Crippen LogP contribution in [0.4, 0.5) is 18.9 Å². The van der Waals surface area contributed by atoms with Crippen LogP contribution in [-0.4, -0.2) is 17.4 Å². The molecule has 0 saturated heterocycles. The molecule has 0 spiro atoms. The first-order valence-electron chi connectivity index (χ1n) is 7.97. The minimum Gasteiger partial charge on any atom is -0.255 e. The molecule has 0 N–H and O–H groups in total. The molecule has 136 valence electrons. The molecule has 3 aromatic rings. The molecule has 0 bridgehead atoms. The van der Waals surface area contributed by atoms with E-state index in [0.717, 1.165) is 23.3 Å². The lowest BCUT2D eigenvalue weighted by atomic mass is 10.0. The van der Waals surface area contributed by atoms with E-state index in [0.29, 0.717) is 11.4 Å². The van der Waals surface area contributed by atoms with Crippen LogP contribution in [0.3, 0.4) is 0 Å². The Morgan fingerprint density at radius 2 is 1.81 bits per heavy atom. The van der Waals surface area contributed by atoms with E-state index < -0.39 is 17.5 Å². The summed E-state index contributed by atoms with van der Waals surface area (Å²) in [4.78, 5) is 4.18. The van der Waals surface area contributed by atoms with Crippen molar-refractivity contribution in [2.75, 3.05) is 5.12 Å². The summed E-state index contributed by atoms with van der Waals surface area (Å²) in [7, 11) is 0. The number of aromatic nitrogens is 1. The van der Waals surface area contributed by atoms with Crippen LogP contribution in [0.25, 0.3) is 11.1 Å². The molecule has 0 unspecified atom stereocenters. The van der Waals surface area contributed by atoms with E-state index in [-0.39, 0.29) is 16.8 Å². The van der Waals surface area contributed by atoms with Gasteiger partial charge in [-0.25, -0.2) is 13.2 Å². The molecular weight excluding hydrogens is 353 g/mol. The first-order valence-corrected chi connectivity index (χ1v) is 7.97. The first-order chi connectivity index (χ1) is 13.0. The van der Waals surface area contributed by atoms with Crippen molar-refractivity contribution >= 4 is 18.1 Å². The molecule has 4 nitrogen and oxygen atoms in total. The summed E-state index contributed by atoms with van der Waals surface area (Å²) in [5.41, 5.74) is 1.67. The highest BCUT2D eigenvalue weighted by molar-refractivity contribution is 5.97. The van der Waals surface area contributed by atoms with Gasteiger partial charge in [-0.1, -0.05) is 6.07 Å². The maximum absolute atomic E-state index is 14.1. The van der Waals surface area contributed by atoms with E-state index in [4.69, 9.17) is 0 Å². The molecule has 0 amide bonds. The van der Waals surface area contributed by atoms with Crippen molar-refractivity contribution in [2.45, 2.75) is 6.92 Å². The molecule has 0 atom stereocenters. The Kier molecular flexibility index (Phi) is 5.30. The average molecular weight is 368 g/mol. The van der Waals surface area contributed by atoms with Gasteiger partial charge in [0.25, 0.3) is 0 Å². The topological polar surface area (TPSA) is 40.9 Å². The molecule has 0 aliphatic carbocycles. The number of halogens is 3. The van der Waals surface area contributed by atoms with Gasteiger partial charge in [-0.2, -0.15) is 15.3 Å². The van der Waals surface area contributed by atoms with Crippen LogP contribution in [-0.2, 0) is 0 Å². The molecule has 2 aromatic carbocycles. The third-order valence-corrected chi connectivity index (χ3v) is 3.77. The Morgan fingerprint density at radius 1 is 1.00 bits per heavy atom. The zero-order valence-corrected chi connectivity index (χ0v) is 14.4. The van der Waals surface area contributed by atoms with Crippen molar-refractivity contribution in [1.29, 1.82) is 0 Å². The van der Waals surface area contributed by atoms with Crippen LogP contribution < -0.4 is 5.12 Å². The summed E-state index contributed by atoms with van der Waals surface area (Å²) in [5.74, 6) is -2.12. The van der Waals surface area contributed by atoms with Crippen molar-refractivity contribution in [2.24, 2.45) is 10.2 Å². The molecule has 0 fully saturated rings. The second-order valence-corrected chi connectivity index (χ2v) is 5.65. The Labute approximate surface area is 154 Å². The monoisotopic (exact) mass is 368 g/mol. The Bertz CT molecular complexity index is 1000. The summed E-state index contributed by atoms with van der Waals surface area (Å²) in [6.45, 7) is 5.17. The van der Waals surface area contributed by atoms with Crippen LogP contribution in [0.1, 0.15) is 12.6 Å². The lowest BCUT2D eigenvalue weighted by Gasteiger charge is -2.15. The number of anilines is 1. The average Bonchev–Trinajstić information content (AvgIpc) is 2.66. The Hall–Kier alpha value is -3.48. The van der Waals surface area contributed by atoms with Gasteiger partial charge in [-0.3, -0.25) is 4.98 Å². The van der Waals surface area contributed by atoms with Crippen LogP contribution in [0.5, 0.6) is 0 Å². The van der Waals surface area contributed by atoms with Crippen LogP contribution in [0, 0.1) is 17.5 Å². The number of benzene rings is 2. The second-order valence-electron chi connectivity index (χ2n) is 5.65. The molecule has 0 aliphatic heterocycles. The van der Waals surface area contributed by atoms with Crippen molar-refractivity contribution in [1.82, 2.24) is 4.98 Å². The van der Waals surface area contributed by atoms with E-state index >= 15 is 0 Å². The normalized spacial score (nSPS) is 11.3. The summed E-state index contributed by atoms with van der Waals surface area (Å²) in [6, 6.07) is 12.3. The van der Waals surface area contributed by atoms with E-state index in [9.17, 15) is 13.2 Å². The summed E-state index contributed by atoms with van der Waals surface area (Å²) >= 11 is 0. The molecule has 3 rings (SSSR count). The highest BCUT2D eigenvalue weighted by Crippen LogP contribution is 2.29. The number of nitrogens with zero attached hydrogens (tertiary/aromatic N) is 4. The molecular formula is C20H15F3N4. The standard InChI is InChI=1S/C20H15F3N4/c1-13(20-5-3-4-8-25-20)26-27(24-2)17-10-14(9-16(22)11-17)18-7-6-15(21)12-19(18)23/h3-12H,2H2,1H3/b26-13+. The summed E-state index contributed by atoms with van der Waals surface area (Å²) in [5, 5.41) is 9.19. The number of hydrogen-bond donors (Lipinski definition) is 0. The molecule has 0 saturated carbocycles. The van der Waals surface area contributed by atoms with Gasteiger partial charge < -0.3 is 0 Å². The zero-order valence-electron chi connectivity index (χ0n) is 14.4. The third-order valence-electron chi connectivity index (χ3n) is 3.77. The van der Waals surface area contributed by atoms with Crippen LogP contribution in [0.15, 0.2) is 71.0 Å². The third kappa shape index (κ3) is 4.20.